The van der Waals surface area contributed by atoms with Crippen LogP contribution in [0.15, 0.2) is 42.5 Å². The third-order valence-electron chi connectivity index (χ3n) is 3.68. The summed E-state index contributed by atoms with van der Waals surface area (Å²) in [5, 5.41) is 2.67. The Labute approximate surface area is 163 Å². The van der Waals surface area contributed by atoms with E-state index < -0.39 is 30.1 Å². The van der Waals surface area contributed by atoms with Crippen LogP contribution in [0.3, 0.4) is 0 Å². The lowest BCUT2D eigenvalue weighted by Gasteiger charge is -2.21. The first-order valence-electron chi connectivity index (χ1n) is 7.84. The summed E-state index contributed by atoms with van der Waals surface area (Å²) in [5.41, 5.74) is -1.11. The molecular formula is C18H15Cl2F3N2O2. The standard InChI is InChI=1S/C18H15Cl2F3N2O2/c1-2-25(17(27)11-7-8-13(19)14(20)9-11)10-16(26)24-15-6-4-3-5-12(15)18(21,22)23/h3-9H,2,10H2,1H3,(H,24,26). The summed E-state index contributed by atoms with van der Waals surface area (Å²) >= 11 is 11.7. The number of rotatable bonds is 5. The van der Waals surface area contributed by atoms with Crippen molar-refractivity contribution < 1.29 is 22.8 Å². The number of para-hydroxylation sites is 1. The van der Waals surface area contributed by atoms with Crippen LogP contribution in [0.1, 0.15) is 22.8 Å². The fraction of sp³-hybridized carbons (Fsp3) is 0.222. The average Bonchev–Trinajstić information content (AvgIpc) is 2.61. The van der Waals surface area contributed by atoms with Crippen molar-refractivity contribution in [3.8, 4) is 0 Å². The van der Waals surface area contributed by atoms with Crippen molar-refractivity contribution in [3.63, 3.8) is 0 Å². The number of alkyl halides is 3. The Morgan fingerprint density at radius 3 is 2.33 bits per heavy atom. The molecule has 2 amide bonds. The molecule has 0 heterocycles. The molecule has 9 heteroatoms. The van der Waals surface area contributed by atoms with Gasteiger partial charge in [0.1, 0.15) is 6.54 Å². The number of halogens is 5. The van der Waals surface area contributed by atoms with Gasteiger partial charge in [0.05, 0.1) is 21.3 Å². The zero-order chi connectivity index (χ0) is 20.2. The van der Waals surface area contributed by atoms with E-state index in [1.54, 1.807) is 6.92 Å². The SMILES string of the molecule is CCN(CC(=O)Nc1ccccc1C(F)(F)F)C(=O)c1ccc(Cl)c(Cl)c1. The van der Waals surface area contributed by atoms with Gasteiger partial charge >= 0.3 is 6.18 Å². The molecule has 0 aromatic heterocycles. The fourth-order valence-corrected chi connectivity index (χ4v) is 2.64. The molecule has 4 nitrogen and oxygen atoms in total. The number of amides is 2. The quantitative estimate of drug-likeness (QED) is 0.732. The van der Waals surface area contributed by atoms with E-state index in [0.29, 0.717) is 0 Å². The van der Waals surface area contributed by atoms with Crippen molar-refractivity contribution >= 4 is 40.7 Å². The summed E-state index contributed by atoms with van der Waals surface area (Å²) in [5.74, 6) is -1.24. The van der Waals surface area contributed by atoms with E-state index in [1.807, 2.05) is 0 Å². The molecule has 27 heavy (non-hydrogen) atoms. The van der Waals surface area contributed by atoms with Gasteiger partial charge in [-0.3, -0.25) is 9.59 Å². The maximum Gasteiger partial charge on any atom is 0.418 e. The molecule has 0 aliphatic carbocycles. The summed E-state index contributed by atoms with van der Waals surface area (Å²) in [6, 6.07) is 8.90. The molecule has 0 aliphatic rings. The average molecular weight is 419 g/mol. The van der Waals surface area contributed by atoms with E-state index in [2.05, 4.69) is 5.32 Å². The maximum atomic E-state index is 13.0. The lowest BCUT2D eigenvalue weighted by molar-refractivity contribution is -0.137. The van der Waals surface area contributed by atoms with E-state index in [9.17, 15) is 22.8 Å². The summed E-state index contributed by atoms with van der Waals surface area (Å²) in [6.07, 6.45) is -4.61. The minimum atomic E-state index is -4.61. The normalized spacial score (nSPS) is 11.2. The van der Waals surface area contributed by atoms with Gasteiger partial charge in [-0.15, -0.1) is 0 Å². The highest BCUT2D eigenvalue weighted by Crippen LogP contribution is 2.34. The summed E-state index contributed by atoms with van der Waals surface area (Å²) in [7, 11) is 0. The Bertz CT molecular complexity index is 857. The van der Waals surface area contributed by atoms with Crippen molar-refractivity contribution in [2.75, 3.05) is 18.4 Å². The highest BCUT2D eigenvalue weighted by Gasteiger charge is 2.33. The Morgan fingerprint density at radius 1 is 1.07 bits per heavy atom. The zero-order valence-corrected chi connectivity index (χ0v) is 15.6. The summed E-state index contributed by atoms with van der Waals surface area (Å²) in [6.45, 7) is 1.40. The molecule has 0 bridgehead atoms. The van der Waals surface area contributed by atoms with Crippen molar-refractivity contribution in [2.24, 2.45) is 0 Å². The third kappa shape index (κ3) is 5.37. The lowest BCUT2D eigenvalue weighted by Crippen LogP contribution is -2.38. The molecule has 0 radical (unpaired) electrons. The molecule has 2 rings (SSSR count). The number of carbonyl (C=O) groups excluding carboxylic acids is 2. The van der Waals surface area contributed by atoms with Gasteiger partial charge in [-0.2, -0.15) is 13.2 Å². The van der Waals surface area contributed by atoms with Crippen LogP contribution in [-0.2, 0) is 11.0 Å². The van der Waals surface area contributed by atoms with Crippen LogP contribution < -0.4 is 5.32 Å². The van der Waals surface area contributed by atoms with Crippen LogP contribution >= 0.6 is 23.2 Å². The van der Waals surface area contributed by atoms with Gasteiger partial charge in [0, 0.05) is 12.1 Å². The van der Waals surface area contributed by atoms with Crippen molar-refractivity contribution in [1.82, 2.24) is 4.90 Å². The van der Waals surface area contributed by atoms with Crippen LogP contribution in [0.4, 0.5) is 18.9 Å². The smallest absolute Gasteiger partial charge is 0.330 e. The Morgan fingerprint density at radius 2 is 1.74 bits per heavy atom. The first kappa shape index (κ1) is 21.1. The highest BCUT2D eigenvalue weighted by molar-refractivity contribution is 6.42. The van der Waals surface area contributed by atoms with E-state index in [0.717, 1.165) is 12.1 Å². The van der Waals surface area contributed by atoms with Crippen molar-refractivity contribution in [1.29, 1.82) is 0 Å². The van der Waals surface area contributed by atoms with Gasteiger partial charge in [0.25, 0.3) is 5.91 Å². The molecular weight excluding hydrogens is 404 g/mol. The largest absolute Gasteiger partial charge is 0.418 e. The van der Waals surface area contributed by atoms with Gasteiger partial charge in [0.15, 0.2) is 0 Å². The molecule has 2 aromatic carbocycles. The van der Waals surface area contributed by atoms with Gasteiger partial charge in [0.2, 0.25) is 5.91 Å². The minimum Gasteiger partial charge on any atom is -0.330 e. The van der Waals surface area contributed by atoms with Gasteiger partial charge in [-0.25, -0.2) is 0 Å². The van der Waals surface area contributed by atoms with Gasteiger partial charge < -0.3 is 10.2 Å². The van der Waals surface area contributed by atoms with E-state index in [4.69, 9.17) is 23.2 Å². The van der Waals surface area contributed by atoms with Gasteiger partial charge in [-0.05, 0) is 37.3 Å². The summed E-state index contributed by atoms with van der Waals surface area (Å²) in [4.78, 5) is 25.9. The van der Waals surface area contributed by atoms with E-state index in [1.165, 1.54) is 35.2 Å². The van der Waals surface area contributed by atoms with Crippen molar-refractivity contribution in [2.45, 2.75) is 13.1 Å². The first-order chi connectivity index (χ1) is 12.6. The molecule has 2 aromatic rings. The fourth-order valence-electron chi connectivity index (χ4n) is 2.34. The van der Waals surface area contributed by atoms with E-state index in [-0.39, 0.29) is 27.8 Å². The van der Waals surface area contributed by atoms with Crippen LogP contribution in [0, 0.1) is 0 Å². The predicted molar refractivity (Wildman–Crippen MR) is 98.1 cm³/mol. The number of anilines is 1. The molecule has 0 atom stereocenters. The highest BCUT2D eigenvalue weighted by atomic mass is 35.5. The lowest BCUT2D eigenvalue weighted by atomic mass is 10.1. The second-order valence-corrected chi connectivity index (χ2v) is 6.35. The third-order valence-corrected chi connectivity index (χ3v) is 4.42. The number of benzene rings is 2. The minimum absolute atomic E-state index is 0.174. The Balaban J connectivity index is 2.14. The topological polar surface area (TPSA) is 49.4 Å². The zero-order valence-electron chi connectivity index (χ0n) is 14.1. The molecule has 0 saturated carbocycles. The molecule has 0 saturated heterocycles. The number of nitrogens with zero attached hydrogens (tertiary/aromatic N) is 1. The first-order valence-corrected chi connectivity index (χ1v) is 8.59. The van der Waals surface area contributed by atoms with Crippen LogP contribution in [0.25, 0.3) is 0 Å². The number of nitrogens with one attached hydrogen (secondary N) is 1. The monoisotopic (exact) mass is 418 g/mol. The van der Waals surface area contributed by atoms with Crippen LogP contribution in [0.2, 0.25) is 10.0 Å². The maximum absolute atomic E-state index is 13.0. The number of likely N-dealkylation sites (N-methyl/N-ethyl adjacent to an activating group) is 1. The van der Waals surface area contributed by atoms with Gasteiger partial charge in [-0.1, -0.05) is 35.3 Å². The van der Waals surface area contributed by atoms with Crippen LogP contribution in [0.5, 0.6) is 0 Å². The molecule has 1 N–H and O–H groups in total. The number of hydrogen-bond acceptors (Lipinski definition) is 2. The molecule has 144 valence electrons. The molecule has 0 fully saturated rings. The predicted octanol–water partition coefficient (Wildman–Crippen LogP) is 5.11. The van der Waals surface area contributed by atoms with Crippen molar-refractivity contribution in [3.05, 3.63) is 63.6 Å². The second-order valence-electron chi connectivity index (χ2n) is 5.54. The number of carbonyl (C=O) groups is 2. The van der Waals surface area contributed by atoms with E-state index >= 15 is 0 Å². The molecule has 0 unspecified atom stereocenters. The van der Waals surface area contributed by atoms with Crippen LogP contribution in [-0.4, -0.2) is 29.8 Å². The number of hydrogen-bond donors (Lipinski definition) is 1. The molecule has 0 aliphatic heterocycles. The second kappa shape index (κ2) is 8.63. The Kier molecular flexibility index (Phi) is 6.73. The summed E-state index contributed by atoms with van der Waals surface area (Å²) < 4.78 is 39.0. The Hall–Kier alpha value is -2.25. The molecule has 0 spiro atoms.